The minimum Gasteiger partial charge on any atom is -0.493 e. The van der Waals surface area contributed by atoms with E-state index < -0.39 is 0 Å². The molecule has 0 saturated carbocycles. The van der Waals surface area contributed by atoms with Gasteiger partial charge in [-0.1, -0.05) is 18.2 Å². The summed E-state index contributed by atoms with van der Waals surface area (Å²) >= 11 is 1.89. The van der Waals surface area contributed by atoms with Crippen molar-refractivity contribution >= 4 is 23.6 Å². The van der Waals surface area contributed by atoms with Crippen molar-refractivity contribution in [1.29, 1.82) is 0 Å². The number of benzene rings is 2. The van der Waals surface area contributed by atoms with Gasteiger partial charge in [0.2, 0.25) is 0 Å². The first-order valence-corrected chi connectivity index (χ1v) is 9.14. The second kappa shape index (κ2) is 8.12. The Balaban J connectivity index is 1.65. The van der Waals surface area contributed by atoms with Gasteiger partial charge < -0.3 is 14.2 Å². The molecule has 0 N–H and O–H groups in total. The van der Waals surface area contributed by atoms with E-state index in [1.807, 2.05) is 36.0 Å². The van der Waals surface area contributed by atoms with E-state index in [0.717, 1.165) is 22.8 Å². The fourth-order valence-corrected chi connectivity index (χ4v) is 2.95. The molecule has 0 atom stereocenters. The number of carbonyl (C=O) groups is 1. The van der Waals surface area contributed by atoms with Crippen LogP contribution in [0, 0.1) is 0 Å². The number of methoxy groups -OCH3 is 2. The third-order valence-corrected chi connectivity index (χ3v) is 5.10. The molecule has 0 radical (unpaired) electrons. The molecule has 1 saturated heterocycles. The number of carbonyl (C=O) groups excluding carboxylic acids is 1. The number of allylic oxidation sites excluding steroid dienone is 1. The molecule has 1 aliphatic heterocycles. The Kier molecular flexibility index (Phi) is 5.66. The molecule has 0 spiro atoms. The van der Waals surface area contributed by atoms with Gasteiger partial charge in [-0.2, -0.15) is 11.8 Å². The van der Waals surface area contributed by atoms with Gasteiger partial charge in [0, 0.05) is 17.1 Å². The van der Waals surface area contributed by atoms with Gasteiger partial charge in [-0.15, -0.1) is 0 Å². The van der Waals surface area contributed by atoms with Gasteiger partial charge in [0.15, 0.2) is 17.3 Å². The summed E-state index contributed by atoms with van der Waals surface area (Å²) in [5, 5.41) is 0. The van der Waals surface area contributed by atoms with Crippen molar-refractivity contribution in [2.45, 2.75) is 6.10 Å². The lowest BCUT2D eigenvalue weighted by Crippen LogP contribution is -2.30. The van der Waals surface area contributed by atoms with Gasteiger partial charge in [0.05, 0.1) is 14.2 Å². The fraction of sp³-hybridized carbons (Fsp3) is 0.250. The number of thioether (sulfide) groups is 1. The first kappa shape index (κ1) is 17.4. The first-order chi connectivity index (χ1) is 12.2. The molecule has 1 heterocycles. The Bertz CT molecular complexity index is 764. The van der Waals surface area contributed by atoms with E-state index in [4.69, 9.17) is 14.2 Å². The molecule has 4 nitrogen and oxygen atoms in total. The minimum atomic E-state index is -0.0900. The van der Waals surface area contributed by atoms with Crippen molar-refractivity contribution in [3.8, 4) is 17.2 Å². The summed E-state index contributed by atoms with van der Waals surface area (Å²) in [6.45, 7) is 0. The SMILES string of the molecule is COc1ccc(C(=O)C=Cc2ccc(OC3CSC3)cc2)cc1OC. The summed E-state index contributed by atoms with van der Waals surface area (Å²) in [5.41, 5.74) is 1.50. The van der Waals surface area contributed by atoms with Crippen molar-refractivity contribution < 1.29 is 19.0 Å². The van der Waals surface area contributed by atoms with Crippen molar-refractivity contribution in [1.82, 2.24) is 0 Å². The number of ketones is 1. The third-order valence-electron chi connectivity index (χ3n) is 3.89. The molecule has 0 amide bonds. The van der Waals surface area contributed by atoms with E-state index in [0.29, 0.717) is 23.2 Å². The number of hydrogen-bond donors (Lipinski definition) is 0. The van der Waals surface area contributed by atoms with Gasteiger partial charge in [-0.25, -0.2) is 0 Å². The predicted molar refractivity (Wildman–Crippen MR) is 101 cm³/mol. The third kappa shape index (κ3) is 4.37. The van der Waals surface area contributed by atoms with Crippen LogP contribution < -0.4 is 14.2 Å². The van der Waals surface area contributed by atoms with Crippen molar-refractivity contribution in [3.05, 3.63) is 59.7 Å². The Morgan fingerprint density at radius 1 is 1.04 bits per heavy atom. The molecule has 25 heavy (non-hydrogen) atoms. The summed E-state index contributed by atoms with van der Waals surface area (Å²) in [4.78, 5) is 12.3. The maximum Gasteiger partial charge on any atom is 0.185 e. The lowest BCUT2D eigenvalue weighted by Gasteiger charge is -2.25. The average molecular weight is 356 g/mol. The highest BCUT2D eigenvalue weighted by Gasteiger charge is 2.19. The first-order valence-electron chi connectivity index (χ1n) is 7.98. The highest BCUT2D eigenvalue weighted by Crippen LogP contribution is 2.28. The topological polar surface area (TPSA) is 44.8 Å². The van der Waals surface area contributed by atoms with Crippen LogP contribution in [0.3, 0.4) is 0 Å². The summed E-state index contributed by atoms with van der Waals surface area (Å²) in [6.07, 6.45) is 3.68. The van der Waals surface area contributed by atoms with E-state index in [2.05, 4.69) is 0 Å². The normalized spacial score (nSPS) is 14.2. The molecule has 0 aromatic heterocycles. The molecule has 1 fully saturated rings. The molecule has 1 aliphatic rings. The van der Waals surface area contributed by atoms with Crippen LogP contribution in [0.15, 0.2) is 48.5 Å². The second-order valence-corrected chi connectivity index (χ2v) is 6.69. The Labute approximate surface area is 151 Å². The molecule has 3 rings (SSSR count). The van der Waals surface area contributed by atoms with E-state index in [1.54, 1.807) is 44.6 Å². The lowest BCUT2D eigenvalue weighted by atomic mass is 10.1. The maximum absolute atomic E-state index is 12.3. The number of rotatable bonds is 7. The molecule has 0 aliphatic carbocycles. The Morgan fingerprint density at radius 2 is 1.76 bits per heavy atom. The van der Waals surface area contributed by atoms with Gasteiger partial charge >= 0.3 is 0 Å². The monoisotopic (exact) mass is 356 g/mol. The standard InChI is InChI=1S/C20H20O4S/c1-22-19-10-6-15(11-20(19)23-2)18(21)9-5-14-3-7-16(8-4-14)24-17-12-25-13-17/h3-11,17H,12-13H2,1-2H3. The molecule has 2 aromatic rings. The van der Waals surface area contributed by atoms with Crippen LogP contribution in [-0.4, -0.2) is 37.6 Å². The molecule has 5 heteroatoms. The smallest absolute Gasteiger partial charge is 0.185 e. The van der Waals surface area contributed by atoms with Crippen LogP contribution in [0.25, 0.3) is 6.08 Å². The summed E-state index contributed by atoms with van der Waals surface area (Å²) < 4.78 is 16.2. The van der Waals surface area contributed by atoms with Crippen LogP contribution in [0.5, 0.6) is 17.2 Å². The molecule has 130 valence electrons. The maximum atomic E-state index is 12.3. The van der Waals surface area contributed by atoms with Crippen LogP contribution >= 0.6 is 11.8 Å². The fourth-order valence-electron chi connectivity index (χ4n) is 2.39. The second-order valence-electron chi connectivity index (χ2n) is 5.61. The summed E-state index contributed by atoms with van der Waals surface area (Å²) in [7, 11) is 3.12. The largest absolute Gasteiger partial charge is 0.493 e. The van der Waals surface area contributed by atoms with Crippen LogP contribution in [0.1, 0.15) is 15.9 Å². The number of ether oxygens (including phenoxy) is 3. The van der Waals surface area contributed by atoms with Crippen molar-refractivity contribution in [2.75, 3.05) is 25.7 Å². The van der Waals surface area contributed by atoms with Crippen molar-refractivity contribution in [2.24, 2.45) is 0 Å². The zero-order valence-corrected chi connectivity index (χ0v) is 15.0. The molecular weight excluding hydrogens is 336 g/mol. The van der Waals surface area contributed by atoms with Crippen LogP contribution in [-0.2, 0) is 0 Å². The molecule has 0 bridgehead atoms. The molecular formula is C20H20O4S. The van der Waals surface area contributed by atoms with Crippen LogP contribution in [0.4, 0.5) is 0 Å². The van der Waals surface area contributed by atoms with E-state index in [-0.39, 0.29) is 5.78 Å². The summed E-state index contributed by atoms with van der Waals surface area (Å²) in [6, 6.07) is 12.9. The number of hydrogen-bond acceptors (Lipinski definition) is 5. The predicted octanol–water partition coefficient (Wildman–Crippen LogP) is 4.09. The van der Waals surface area contributed by atoms with E-state index >= 15 is 0 Å². The van der Waals surface area contributed by atoms with Gasteiger partial charge in [-0.3, -0.25) is 4.79 Å². The average Bonchev–Trinajstić information content (AvgIpc) is 2.63. The van der Waals surface area contributed by atoms with E-state index in [9.17, 15) is 4.79 Å². The minimum absolute atomic E-state index is 0.0900. The van der Waals surface area contributed by atoms with Gasteiger partial charge in [0.25, 0.3) is 0 Å². The zero-order valence-electron chi connectivity index (χ0n) is 14.2. The van der Waals surface area contributed by atoms with Gasteiger partial charge in [0.1, 0.15) is 11.9 Å². The van der Waals surface area contributed by atoms with E-state index in [1.165, 1.54) is 0 Å². The zero-order chi connectivity index (χ0) is 17.6. The summed E-state index contributed by atoms with van der Waals surface area (Å²) in [5.74, 6) is 4.03. The highest BCUT2D eigenvalue weighted by atomic mass is 32.2. The van der Waals surface area contributed by atoms with Crippen LogP contribution in [0.2, 0.25) is 0 Å². The highest BCUT2D eigenvalue weighted by molar-refractivity contribution is 8.00. The molecule has 0 unspecified atom stereocenters. The van der Waals surface area contributed by atoms with Gasteiger partial charge in [-0.05, 0) is 42.0 Å². The Morgan fingerprint density at radius 3 is 2.36 bits per heavy atom. The van der Waals surface area contributed by atoms with Crippen molar-refractivity contribution in [3.63, 3.8) is 0 Å². The quantitative estimate of drug-likeness (QED) is 0.552. The lowest BCUT2D eigenvalue weighted by molar-refractivity contribution is 0.104. The Hall–Kier alpha value is -2.40. The molecule has 2 aromatic carbocycles.